The molecule has 1 aromatic heterocycles. The molecule has 1 heterocycles. The van der Waals surface area contributed by atoms with Gasteiger partial charge in [-0.05, 0) is 62.7 Å². The van der Waals surface area contributed by atoms with Gasteiger partial charge in [0.1, 0.15) is 24.2 Å². The highest BCUT2D eigenvalue weighted by molar-refractivity contribution is 5.28. The SMILES string of the molecule is CN(CC(O)COc1cccc(CNCCCOc2cccnc2)c1)C1CCCCC1. The third-order valence-corrected chi connectivity index (χ3v) is 5.77. The Morgan fingerprint density at radius 1 is 1.13 bits per heavy atom. The fraction of sp³-hybridized carbons (Fsp3) is 0.560. The van der Waals surface area contributed by atoms with Crippen LogP contribution >= 0.6 is 0 Å². The van der Waals surface area contributed by atoms with Crippen LogP contribution in [-0.2, 0) is 6.54 Å². The second-order valence-electron chi connectivity index (χ2n) is 8.41. The Morgan fingerprint density at radius 2 is 1.97 bits per heavy atom. The number of likely N-dealkylation sites (N-methyl/N-ethyl adjacent to an activating group) is 1. The van der Waals surface area contributed by atoms with E-state index < -0.39 is 6.10 Å². The molecule has 1 fully saturated rings. The molecule has 2 aromatic rings. The number of rotatable bonds is 13. The Hall–Kier alpha value is -2.15. The van der Waals surface area contributed by atoms with E-state index in [1.165, 1.54) is 37.7 Å². The van der Waals surface area contributed by atoms with Crippen molar-refractivity contribution in [3.63, 3.8) is 0 Å². The molecular formula is C25H37N3O3. The highest BCUT2D eigenvalue weighted by Gasteiger charge is 2.20. The van der Waals surface area contributed by atoms with Gasteiger partial charge in [-0.1, -0.05) is 31.4 Å². The van der Waals surface area contributed by atoms with E-state index in [0.29, 0.717) is 25.8 Å². The summed E-state index contributed by atoms with van der Waals surface area (Å²) in [6.45, 7) is 3.29. The lowest BCUT2D eigenvalue weighted by molar-refractivity contribution is 0.0561. The van der Waals surface area contributed by atoms with Crippen LogP contribution in [0.2, 0.25) is 0 Å². The molecule has 31 heavy (non-hydrogen) atoms. The molecule has 1 aromatic carbocycles. The van der Waals surface area contributed by atoms with Gasteiger partial charge >= 0.3 is 0 Å². The summed E-state index contributed by atoms with van der Waals surface area (Å²) in [4.78, 5) is 6.34. The summed E-state index contributed by atoms with van der Waals surface area (Å²) in [5, 5.41) is 13.8. The maximum absolute atomic E-state index is 10.4. The van der Waals surface area contributed by atoms with E-state index in [0.717, 1.165) is 31.0 Å². The molecule has 3 rings (SSSR count). The van der Waals surface area contributed by atoms with Gasteiger partial charge in [0, 0.05) is 25.3 Å². The lowest BCUT2D eigenvalue weighted by Crippen LogP contribution is -2.40. The zero-order valence-corrected chi connectivity index (χ0v) is 18.7. The van der Waals surface area contributed by atoms with Gasteiger partial charge in [-0.3, -0.25) is 4.98 Å². The summed E-state index contributed by atoms with van der Waals surface area (Å²) >= 11 is 0. The number of benzene rings is 1. The summed E-state index contributed by atoms with van der Waals surface area (Å²) in [7, 11) is 2.12. The van der Waals surface area contributed by atoms with Gasteiger partial charge < -0.3 is 24.8 Å². The van der Waals surface area contributed by atoms with Crippen molar-refractivity contribution < 1.29 is 14.6 Å². The third-order valence-electron chi connectivity index (χ3n) is 5.77. The van der Waals surface area contributed by atoms with Gasteiger partial charge in [0.2, 0.25) is 0 Å². The minimum absolute atomic E-state index is 0.319. The summed E-state index contributed by atoms with van der Waals surface area (Å²) < 4.78 is 11.5. The Labute approximate surface area is 186 Å². The lowest BCUT2D eigenvalue weighted by atomic mass is 9.94. The molecule has 2 N–H and O–H groups in total. The van der Waals surface area contributed by atoms with Gasteiger partial charge in [0.15, 0.2) is 0 Å². The second-order valence-corrected chi connectivity index (χ2v) is 8.41. The molecule has 0 saturated heterocycles. The van der Waals surface area contributed by atoms with Crippen molar-refractivity contribution in [2.75, 3.05) is 33.4 Å². The van der Waals surface area contributed by atoms with Gasteiger partial charge in [-0.2, -0.15) is 0 Å². The van der Waals surface area contributed by atoms with Crippen molar-refractivity contribution in [2.24, 2.45) is 0 Å². The van der Waals surface area contributed by atoms with Crippen molar-refractivity contribution in [3.8, 4) is 11.5 Å². The fourth-order valence-corrected chi connectivity index (χ4v) is 4.05. The number of pyridine rings is 1. The highest BCUT2D eigenvalue weighted by atomic mass is 16.5. The van der Waals surface area contributed by atoms with Crippen molar-refractivity contribution in [2.45, 2.75) is 57.2 Å². The number of nitrogens with zero attached hydrogens (tertiary/aromatic N) is 2. The second kappa shape index (κ2) is 13.3. The van der Waals surface area contributed by atoms with Crippen LogP contribution in [0.4, 0.5) is 0 Å². The Morgan fingerprint density at radius 3 is 2.77 bits per heavy atom. The average Bonchev–Trinajstić information content (AvgIpc) is 2.81. The molecule has 0 radical (unpaired) electrons. The molecule has 0 spiro atoms. The normalized spacial score (nSPS) is 15.7. The predicted octanol–water partition coefficient (Wildman–Crippen LogP) is 3.64. The summed E-state index contributed by atoms with van der Waals surface area (Å²) in [6.07, 6.45) is 10.4. The van der Waals surface area contributed by atoms with Gasteiger partial charge in [0.25, 0.3) is 0 Å². The van der Waals surface area contributed by atoms with E-state index >= 15 is 0 Å². The molecule has 1 atom stereocenters. The molecule has 6 nitrogen and oxygen atoms in total. The molecule has 1 aliphatic rings. The van der Waals surface area contributed by atoms with Crippen LogP contribution in [-0.4, -0.2) is 60.5 Å². The van der Waals surface area contributed by atoms with Crippen LogP contribution in [0.1, 0.15) is 44.1 Å². The molecule has 0 amide bonds. The first-order chi connectivity index (χ1) is 15.2. The number of hydrogen-bond donors (Lipinski definition) is 2. The number of ether oxygens (including phenoxy) is 2. The minimum atomic E-state index is -0.478. The van der Waals surface area contributed by atoms with E-state index in [4.69, 9.17) is 9.47 Å². The molecule has 1 aliphatic carbocycles. The zero-order chi connectivity index (χ0) is 21.7. The zero-order valence-electron chi connectivity index (χ0n) is 18.7. The molecule has 1 saturated carbocycles. The van der Waals surface area contributed by atoms with Gasteiger partial charge in [-0.15, -0.1) is 0 Å². The van der Waals surface area contributed by atoms with E-state index in [1.54, 1.807) is 12.4 Å². The maximum atomic E-state index is 10.4. The first-order valence-corrected chi connectivity index (χ1v) is 11.5. The topological polar surface area (TPSA) is 66.9 Å². The minimum Gasteiger partial charge on any atom is -0.492 e. The van der Waals surface area contributed by atoms with Crippen LogP contribution < -0.4 is 14.8 Å². The van der Waals surface area contributed by atoms with Crippen LogP contribution in [0.3, 0.4) is 0 Å². The van der Waals surface area contributed by atoms with Gasteiger partial charge in [0.05, 0.1) is 12.8 Å². The number of nitrogens with one attached hydrogen (secondary N) is 1. The fourth-order valence-electron chi connectivity index (χ4n) is 4.05. The molecule has 170 valence electrons. The van der Waals surface area contributed by atoms with Crippen LogP contribution in [0.15, 0.2) is 48.8 Å². The Bertz CT molecular complexity index is 738. The van der Waals surface area contributed by atoms with Gasteiger partial charge in [-0.25, -0.2) is 0 Å². The largest absolute Gasteiger partial charge is 0.492 e. The monoisotopic (exact) mass is 427 g/mol. The molecule has 6 heteroatoms. The van der Waals surface area contributed by atoms with Crippen molar-refractivity contribution in [1.29, 1.82) is 0 Å². The van der Waals surface area contributed by atoms with E-state index in [9.17, 15) is 5.11 Å². The number of hydrogen-bond acceptors (Lipinski definition) is 6. The molecule has 0 aliphatic heterocycles. The van der Waals surface area contributed by atoms with Crippen molar-refractivity contribution in [1.82, 2.24) is 15.2 Å². The standard InChI is InChI=1S/C25H37N3O3/c1-28(22-9-3-2-4-10-22)19-23(29)20-31-24-11-5-8-21(16-24)17-26-14-7-15-30-25-12-6-13-27-18-25/h5-6,8,11-13,16,18,22-23,26,29H,2-4,7,9-10,14-15,17,19-20H2,1H3. The molecule has 1 unspecified atom stereocenters. The third kappa shape index (κ3) is 8.85. The van der Waals surface area contributed by atoms with E-state index in [2.05, 4.69) is 28.3 Å². The van der Waals surface area contributed by atoms with Crippen LogP contribution in [0.5, 0.6) is 11.5 Å². The van der Waals surface area contributed by atoms with E-state index in [1.807, 2.05) is 30.3 Å². The van der Waals surface area contributed by atoms with E-state index in [-0.39, 0.29) is 0 Å². The van der Waals surface area contributed by atoms with Crippen LogP contribution in [0.25, 0.3) is 0 Å². The predicted molar refractivity (Wildman–Crippen MR) is 124 cm³/mol. The maximum Gasteiger partial charge on any atom is 0.137 e. The average molecular weight is 428 g/mol. The lowest BCUT2D eigenvalue weighted by Gasteiger charge is -2.32. The summed E-state index contributed by atoms with van der Waals surface area (Å²) in [5.41, 5.74) is 1.17. The first-order valence-electron chi connectivity index (χ1n) is 11.5. The quantitative estimate of drug-likeness (QED) is 0.476. The smallest absolute Gasteiger partial charge is 0.137 e. The molecule has 0 bridgehead atoms. The Kier molecular flexibility index (Phi) is 10.1. The van der Waals surface area contributed by atoms with Crippen LogP contribution in [0, 0.1) is 0 Å². The molecular weight excluding hydrogens is 390 g/mol. The summed E-state index contributed by atoms with van der Waals surface area (Å²) in [5.74, 6) is 1.61. The first kappa shape index (κ1) is 23.5. The van der Waals surface area contributed by atoms with Crippen molar-refractivity contribution >= 4 is 0 Å². The Balaban J connectivity index is 1.30. The summed E-state index contributed by atoms with van der Waals surface area (Å²) in [6, 6.07) is 12.5. The highest BCUT2D eigenvalue weighted by Crippen LogP contribution is 2.21. The number of aromatic nitrogens is 1. The van der Waals surface area contributed by atoms with Crippen molar-refractivity contribution in [3.05, 3.63) is 54.4 Å². The number of aliphatic hydroxyl groups is 1. The number of aliphatic hydroxyl groups excluding tert-OH is 1.